The predicted octanol–water partition coefficient (Wildman–Crippen LogP) is 3.08. The Morgan fingerprint density at radius 2 is 2.00 bits per heavy atom. The Morgan fingerprint density at radius 1 is 1.24 bits per heavy atom. The molecule has 0 aliphatic carbocycles. The van der Waals surface area contributed by atoms with Crippen molar-refractivity contribution in [2.24, 2.45) is 5.10 Å². The lowest BCUT2D eigenvalue weighted by atomic mass is 10.1. The van der Waals surface area contributed by atoms with Crippen molar-refractivity contribution in [2.75, 3.05) is 42.9 Å². The molecule has 2 aliphatic heterocycles. The van der Waals surface area contributed by atoms with E-state index in [9.17, 15) is 4.39 Å². The summed E-state index contributed by atoms with van der Waals surface area (Å²) in [7, 11) is 0. The third-order valence-corrected chi connectivity index (χ3v) is 5.50. The maximum Gasteiger partial charge on any atom is 0.189 e. The summed E-state index contributed by atoms with van der Waals surface area (Å²) in [5, 5.41) is 8.21. The molecule has 0 spiro atoms. The van der Waals surface area contributed by atoms with Crippen molar-refractivity contribution >= 4 is 40.5 Å². The lowest BCUT2D eigenvalue weighted by Crippen LogP contribution is -2.51. The molecular weight excluding hydrogens is 387 g/mol. The molecule has 0 radical (unpaired) electrons. The number of piperazine rings is 1. The minimum absolute atomic E-state index is 0.363. The Morgan fingerprint density at radius 3 is 2.72 bits per heavy atom. The number of hydrazone groups is 1. The molecule has 2 aromatic rings. The topological polar surface area (TPSA) is 55.8 Å². The minimum atomic E-state index is -0.363. The van der Waals surface area contributed by atoms with Crippen LogP contribution < -0.4 is 15.6 Å². The van der Waals surface area contributed by atoms with Gasteiger partial charge in [0.15, 0.2) is 5.11 Å². The van der Waals surface area contributed by atoms with Crippen LogP contribution in [0.1, 0.15) is 17.7 Å². The highest BCUT2D eigenvalue weighted by Gasteiger charge is 2.21. The van der Waals surface area contributed by atoms with Gasteiger partial charge in [0.05, 0.1) is 17.6 Å². The molecule has 0 amide bonds. The van der Waals surface area contributed by atoms with E-state index in [4.69, 9.17) is 12.2 Å². The fraction of sp³-hybridized carbons (Fsp3) is 0.286. The van der Waals surface area contributed by atoms with Gasteiger partial charge in [-0.25, -0.2) is 9.37 Å². The number of fused-ring (bicyclic) bond motifs is 1. The molecule has 0 unspecified atom stereocenters. The first-order valence-electron chi connectivity index (χ1n) is 9.63. The molecule has 1 fully saturated rings. The summed E-state index contributed by atoms with van der Waals surface area (Å²) in [5.74, 6) is -0.363. The van der Waals surface area contributed by atoms with Gasteiger partial charge in [-0.05, 0) is 29.9 Å². The monoisotopic (exact) mass is 410 g/mol. The standard InChI is InChI=1S/C21H23FN6S/c1-2-15-3-5-17(6-4-15)27-9-11-28(12-10-27)21(29)26-25-18-7-8-23-19-13-16(22)14-24-20(18)19/h2-6,13-14,23H,1,7-12H2,(H,26,29)/b25-18-. The second kappa shape index (κ2) is 8.57. The van der Waals surface area contributed by atoms with Crippen molar-refractivity contribution < 1.29 is 4.39 Å². The van der Waals surface area contributed by atoms with Gasteiger partial charge >= 0.3 is 0 Å². The fourth-order valence-corrected chi connectivity index (χ4v) is 3.75. The zero-order valence-corrected chi connectivity index (χ0v) is 16.9. The van der Waals surface area contributed by atoms with E-state index in [-0.39, 0.29) is 5.82 Å². The molecular formula is C21H23FN6S. The molecule has 2 aliphatic rings. The van der Waals surface area contributed by atoms with E-state index in [1.54, 1.807) is 0 Å². The van der Waals surface area contributed by atoms with Crippen LogP contribution in [-0.2, 0) is 0 Å². The normalized spacial score (nSPS) is 17.5. The number of hydrogen-bond acceptors (Lipinski definition) is 5. The number of pyridine rings is 1. The average molecular weight is 411 g/mol. The maximum atomic E-state index is 13.4. The van der Waals surface area contributed by atoms with Gasteiger partial charge in [-0.15, -0.1) is 0 Å². The minimum Gasteiger partial charge on any atom is -0.383 e. The SMILES string of the molecule is C=Cc1ccc(N2CCN(C(=S)N/N=C3/CCNc4cc(F)cnc43)CC2)cc1. The molecule has 29 heavy (non-hydrogen) atoms. The van der Waals surface area contributed by atoms with Gasteiger partial charge < -0.3 is 15.1 Å². The highest BCUT2D eigenvalue weighted by atomic mass is 32.1. The van der Waals surface area contributed by atoms with Gasteiger partial charge in [0.1, 0.15) is 11.5 Å². The van der Waals surface area contributed by atoms with E-state index in [0.717, 1.165) is 37.5 Å². The summed E-state index contributed by atoms with van der Waals surface area (Å²) in [6.07, 6.45) is 3.76. The first-order valence-corrected chi connectivity index (χ1v) is 10.0. The van der Waals surface area contributed by atoms with Gasteiger partial charge in [0, 0.05) is 50.9 Å². The van der Waals surface area contributed by atoms with Crippen LogP contribution in [0.5, 0.6) is 0 Å². The van der Waals surface area contributed by atoms with E-state index in [1.807, 2.05) is 6.08 Å². The zero-order chi connectivity index (χ0) is 20.2. The second-order valence-electron chi connectivity index (χ2n) is 6.97. The van der Waals surface area contributed by atoms with Gasteiger partial charge in [-0.1, -0.05) is 24.8 Å². The number of halogens is 1. The maximum absolute atomic E-state index is 13.4. The van der Waals surface area contributed by atoms with Gasteiger partial charge in [-0.2, -0.15) is 5.10 Å². The smallest absolute Gasteiger partial charge is 0.189 e. The molecule has 6 nitrogen and oxygen atoms in total. The van der Waals surface area contributed by atoms with Gasteiger partial charge in [0.25, 0.3) is 0 Å². The van der Waals surface area contributed by atoms with Gasteiger partial charge in [0.2, 0.25) is 0 Å². The molecule has 0 saturated carbocycles. The Bertz CT molecular complexity index is 935. The highest BCUT2D eigenvalue weighted by Crippen LogP contribution is 2.21. The third kappa shape index (κ3) is 4.37. The summed E-state index contributed by atoms with van der Waals surface area (Å²) in [5.41, 5.74) is 7.44. The molecule has 8 heteroatoms. The number of hydrogen-bond donors (Lipinski definition) is 2. The van der Waals surface area contributed by atoms with Crippen LogP contribution in [-0.4, -0.2) is 53.4 Å². The summed E-state index contributed by atoms with van der Waals surface area (Å²) in [4.78, 5) is 8.63. The van der Waals surface area contributed by atoms with Crippen LogP contribution in [0.2, 0.25) is 0 Å². The lowest BCUT2D eigenvalue weighted by molar-refractivity contribution is 0.381. The number of thiocarbonyl (C=S) groups is 1. The lowest BCUT2D eigenvalue weighted by Gasteiger charge is -2.37. The van der Waals surface area contributed by atoms with E-state index in [0.29, 0.717) is 29.5 Å². The average Bonchev–Trinajstić information content (AvgIpc) is 2.77. The summed E-state index contributed by atoms with van der Waals surface area (Å²) in [6.45, 7) is 7.90. The predicted molar refractivity (Wildman–Crippen MR) is 120 cm³/mol. The van der Waals surface area contributed by atoms with Crippen LogP contribution >= 0.6 is 12.2 Å². The first-order chi connectivity index (χ1) is 14.1. The van der Waals surface area contributed by atoms with E-state index in [1.165, 1.54) is 18.0 Å². The summed E-state index contributed by atoms with van der Waals surface area (Å²) < 4.78 is 13.4. The molecule has 4 rings (SSSR count). The van der Waals surface area contributed by atoms with Crippen LogP contribution in [0.4, 0.5) is 15.8 Å². The zero-order valence-electron chi connectivity index (χ0n) is 16.1. The van der Waals surface area contributed by atoms with Crippen molar-refractivity contribution in [2.45, 2.75) is 6.42 Å². The number of nitrogens with one attached hydrogen (secondary N) is 2. The molecule has 1 saturated heterocycles. The third-order valence-electron chi connectivity index (χ3n) is 5.15. The Kier molecular flexibility index (Phi) is 5.71. The van der Waals surface area contributed by atoms with Crippen molar-refractivity contribution in [3.63, 3.8) is 0 Å². The molecule has 2 N–H and O–H groups in total. The van der Waals surface area contributed by atoms with Crippen molar-refractivity contribution in [1.29, 1.82) is 0 Å². The number of aromatic nitrogens is 1. The van der Waals surface area contributed by atoms with E-state index in [2.05, 4.69) is 61.5 Å². The molecule has 1 aromatic carbocycles. The highest BCUT2D eigenvalue weighted by molar-refractivity contribution is 7.80. The Balaban J connectivity index is 1.35. The van der Waals surface area contributed by atoms with Gasteiger partial charge in [-0.3, -0.25) is 5.43 Å². The largest absolute Gasteiger partial charge is 0.383 e. The number of anilines is 2. The molecule has 150 valence electrons. The van der Waals surface area contributed by atoms with E-state index < -0.39 is 0 Å². The van der Waals surface area contributed by atoms with Crippen molar-refractivity contribution in [3.8, 4) is 0 Å². The van der Waals surface area contributed by atoms with Crippen molar-refractivity contribution in [3.05, 3.63) is 60.2 Å². The second-order valence-corrected chi connectivity index (χ2v) is 7.36. The fourth-order valence-electron chi connectivity index (χ4n) is 3.52. The number of nitrogens with zero attached hydrogens (tertiary/aromatic N) is 4. The molecule has 1 aromatic heterocycles. The Hall–Kier alpha value is -3.00. The first kappa shape index (κ1) is 19.3. The molecule has 3 heterocycles. The van der Waals surface area contributed by atoms with Crippen LogP contribution in [0.3, 0.4) is 0 Å². The summed E-state index contributed by atoms with van der Waals surface area (Å²) in [6, 6.07) is 9.84. The Labute approximate surface area is 175 Å². The van der Waals surface area contributed by atoms with Crippen LogP contribution in [0.25, 0.3) is 6.08 Å². The van der Waals surface area contributed by atoms with Crippen molar-refractivity contribution in [1.82, 2.24) is 15.3 Å². The molecule has 0 bridgehead atoms. The number of benzene rings is 1. The summed E-state index contributed by atoms with van der Waals surface area (Å²) >= 11 is 5.53. The van der Waals surface area contributed by atoms with Crippen LogP contribution in [0, 0.1) is 5.82 Å². The van der Waals surface area contributed by atoms with Crippen LogP contribution in [0.15, 0.2) is 48.2 Å². The van der Waals surface area contributed by atoms with E-state index >= 15 is 0 Å². The number of rotatable bonds is 3. The molecule has 0 atom stereocenters. The quantitative estimate of drug-likeness (QED) is 0.599.